The van der Waals surface area contributed by atoms with Crippen molar-refractivity contribution >= 4 is 52.1 Å². The number of nitrogens with one attached hydrogen (secondary N) is 1. The summed E-state index contributed by atoms with van der Waals surface area (Å²) in [6, 6.07) is 7.11. The number of hydrogen-bond donors (Lipinski definition) is 1. The third-order valence-electron chi connectivity index (χ3n) is 2.33. The van der Waals surface area contributed by atoms with Crippen molar-refractivity contribution in [3.05, 3.63) is 34.9 Å². The summed E-state index contributed by atoms with van der Waals surface area (Å²) in [5.41, 5.74) is 4.67. The van der Waals surface area contributed by atoms with Crippen molar-refractivity contribution in [3.63, 3.8) is 0 Å². The molecule has 0 unspecified atom stereocenters. The van der Waals surface area contributed by atoms with Crippen LogP contribution in [-0.2, 0) is 0 Å². The molecule has 0 spiro atoms. The molecule has 1 atom stereocenters. The number of halogens is 4. The fourth-order valence-corrected chi connectivity index (χ4v) is 1.96. The summed E-state index contributed by atoms with van der Waals surface area (Å²) in [5.74, 6) is 0. The Balaban J connectivity index is 2.12. The van der Waals surface area contributed by atoms with Gasteiger partial charge in [-0.25, -0.2) is 0 Å². The van der Waals surface area contributed by atoms with E-state index < -0.39 is 3.79 Å². The second-order valence-electron chi connectivity index (χ2n) is 3.49. The molecule has 2 nitrogen and oxygen atoms in total. The highest BCUT2D eigenvalue weighted by atomic mass is 35.6. The zero-order valence-electron chi connectivity index (χ0n) is 8.05. The number of hydrazone groups is 1. The van der Waals surface area contributed by atoms with E-state index in [1.54, 1.807) is 0 Å². The highest BCUT2D eigenvalue weighted by Gasteiger charge is 2.36. The van der Waals surface area contributed by atoms with Crippen LogP contribution in [0.25, 0.3) is 0 Å². The van der Waals surface area contributed by atoms with Gasteiger partial charge in [-0.3, -0.25) is 0 Å². The lowest BCUT2D eigenvalue weighted by atomic mass is 10.1. The van der Waals surface area contributed by atoms with Gasteiger partial charge in [-0.1, -0.05) is 58.5 Å². The van der Waals surface area contributed by atoms with Crippen molar-refractivity contribution in [3.8, 4) is 0 Å². The summed E-state index contributed by atoms with van der Waals surface area (Å²) in [7, 11) is 0. The van der Waals surface area contributed by atoms with E-state index >= 15 is 0 Å². The lowest BCUT2D eigenvalue weighted by Crippen LogP contribution is -2.33. The third-order valence-corrected chi connectivity index (χ3v) is 3.37. The Morgan fingerprint density at radius 2 is 1.81 bits per heavy atom. The van der Waals surface area contributed by atoms with E-state index in [1.807, 2.05) is 24.3 Å². The molecule has 16 heavy (non-hydrogen) atoms. The van der Waals surface area contributed by atoms with Crippen molar-refractivity contribution in [2.45, 2.75) is 16.3 Å². The summed E-state index contributed by atoms with van der Waals surface area (Å²) in [5, 5.41) is 4.84. The average Bonchev–Trinajstić information content (AvgIpc) is 2.67. The SMILES string of the molecule is Clc1ccc(C2=NN[C@@H](C(Cl)(Cl)Cl)C2)cc1. The Morgan fingerprint density at radius 3 is 2.31 bits per heavy atom. The van der Waals surface area contributed by atoms with Gasteiger partial charge >= 0.3 is 0 Å². The lowest BCUT2D eigenvalue weighted by molar-refractivity contribution is 0.595. The van der Waals surface area contributed by atoms with Gasteiger partial charge in [-0.15, -0.1) is 0 Å². The monoisotopic (exact) mass is 296 g/mol. The number of nitrogens with zero attached hydrogens (tertiary/aromatic N) is 1. The predicted octanol–water partition coefficient (Wildman–Crippen LogP) is 3.78. The van der Waals surface area contributed by atoms with Crippen LogP contribution >= 0.6 is 46.4 Å². The first-order chi connectivity index (χ1) is 7.47. The van der Waals surface area contributed by atoms with Crippen molar-refractivity contribution in [2.24, 2.45) is 5.10 Å². The second-order valence-corrected chi connectivity index (χ2v) is 6.30. The van der Waals surface area contributed by atoms with Crippen LogP contribution < -0.4 is 5.43 Å². The maximum atomic E-state index is 5.80. The van der Waals surface area contributed by atoms with E-state index in [9.17, 15) is 0 Å². The van der Waals surface area contributed by atoms with Crippen LogP contribution in [0, 0.1) is 0 Å². The molecule has 1 aromatic rings. The molecule has 0 saturated carbocycles. The van der Waals surface area contributed by atoms with Crippen LogP contribution in [0.1, 0.15) is 12.0 Å². The van der Waals surface area contributed by atoms with Crippen LogP contribution in [-0.4, -0.2) is 15.5 Å². The summed E-state index contributed by atoms with van der Waals surface area (Å²) < 4.78 is -1.35. The molecule has 0 saturated heterocycles. The van der Waals surface area contributed by atoms with Gasteiger partial charge in [0.1, 0.15) is 0 Å². The van der Waals surface area contributed by atoms with Gasteiger partial charge in [-0.05, 0) is 17.7 Å². The van der Waals surface area contributed by atoms with Crippen molar-refractivity contribution in [1.29, 1.82) is 0 Å². The molecular formula is C10H8Cl4N2. The minimum absolute atomic E-state index is 0.289. The van der Waals surface area contributed by atoms with E-state index in [1.165, 1.54) is 0 Å². The third kappa shape index (κ3) is 2.75. The van der Waals surface area contributed by atoms with Gasteiger partial charge in [0.15, 0.2) is 0 Å². The van der Waals surface area contributed by atoms with E-state index in [0.717, 1.165) is 11.3 Å². The summed E-state index contributed by atoms with van der Waals surface area (Å²) >= 11 is 23.2. The maximum absolute atomic E-state index is 5.80. The van der Waals surface area contributed by atoms with Gasteiger partial charge in [-0.2, -0.15) is 5.10 Å². The van der Waals surface area contributed by atoms with Crippen LogP contribution in [0.5, 0.6) is 0 Å². The summed E-state index contributed by atoms with van der Waals surface area (Å²) in [6.45, 7) is 0. The first-order valence-electron chi connectivity index (χ1n) is 4.61. The van der Waals surface area contributed by atoms with Gasteiger partial charge < -0.3 is 5.43 Å². The van der Waals surface area contributed by atoms with Crippen LogP contribution in [0.4, 0.5) is 0 Å². The highest BCUT2D eigenvalue weighted by molar-refractivity contribution is 6.68. The molecule has 1 aliphatic heterocycles. The molecule has 1 heterocycles. The van der Waals surface area contributed by atoms with E-state index in [-0.39, 0.29) is 6.04 Å². The van der Waals surface area contributed by atoms with Gasteiger partial charge in [0.25, 0.3) is 0 Å². The topological polar surface area (TPSA) is 24.4 Å². The molecule has 0 amide bonds. The fourth-order valence-electron chi connectivity index (χ4n) is 1.45. The number of hydrogen-bond acceptors (Lipinski definition) is 2. The fraction of sp³-hybridized carbons (Fsp3) is 0.300. The van der Waals surface area contributed by atoms with E-state index in [2.05, 4.69) is 10.5 Å². The molecule has 1 aliphatic rings. The lowest BCUT2D eigenvalue weighted by Gasteiger charge is -2.18. The molecule has 6 heteroatoms. The molecule has 0 radical (unpaired) electrons. The Hall–Kier alpha value is -0.150. The molecule has 2 rings (SSSR count). The number of rotatable bonds is 1. The average molecular weight is 298 g/mol. The highest BCUT2D eigenvalue weighted by Crippen LogP contribution is 2.34. The second kappa shape index (κ2) is 4.61. The van der Waals surface area contributed by atoms with E-state index in [0.29, 0.717) is 11.4 Å². The first kappa shape index (κ1) is 12.3. The molecule has 1 N–H and O–H groups in total. The Labute approximate surface area is 114 Å². The quantitative estimate of drug-likeness (QED) is 0.784. The molecule has 0 bridgehead atoms. The molecule has 86 valence electrons. The molecular weight excluding hydrogens is 290 g/mol. The molecule has 0 fully saturated rings. The largest absolute Gasteiger partial charge is 0.302 e. The molecule has 0 aliphatic carbocycles. The van der Waals surface area contributed by atoms with Gasteiger partial charge in [0.05, 0.1) is 11.8 Å². The van der Waals surface area contributed by atoms with Crippen LogP contribution in [0.3, 0.4) is 0 Å². The smallest absolute Gasteiger partial charge is 0.212 e. The molecule has 1 aromatic carbocycles. The normalized spacial score (nSPS) is 20.5. The van der Waals surface area contributed by atoms with Gasteiger partial charge in [0.2, 0.25) is 3.79 Å². The number of benzene rings is 1. The van der Waals surface area contributed by atoms with E-state index in [4.69, 9.17) is 46.4 Å². The Morgan fingerprint density at radius 1 is 1.19 bits per heavy atom. The Kier molecular flexibility index (Phi) is 3.55. The predicted molar refractivity (Wildman–Crippen MR) is 69.8 cm³/mol. The minimum Gasteiger partial charge on any atom is -0.302 e. The zero-order chi connectivity index (χ0) is 11.8. The van der Waals surface area contributed by atoms with Crippen molar-refractivity contribution in [2.75, 3.05) is 0 Å². The van der Waals surface area contributed by atoms with Crippen molar-refractivity contribution < 1.29 is 0 Å². The molecule has 0 aromatic heterocycles. The minimum atomic E-state index is -1.35. The van der Waals surface area contributed by atoms with Crippen LogP contribution in [0.2, 0.25) is 5.02 Å². The standard InChI is InChI=1S/C10H8Cl4N2/c11-7-3-1-6(2-4-7)8-5-9(16-15-8)10(12,13)14/h1-4,9,16H,5H2/t9-/m1/s1. The number of alkyl halides is 3. The van der Waals surface area contributed by atoms with Gasteiger partial charge in [0, 0.05) is 11.4 Å². The first-order valence-corrected chi connectivity index (χ1v) is 6.13. The van der Waals surface area contributed by atoms with Crippen LogP contribution in [0.15, 0.2) is 29.4 Å². The Bertz CT molecular complexity index is 408. The van der Waals surface area contributed by atoms with Crippen molar-refractivity contribution in [1.82, 2.24) is 5.43 Å². The maximum Gasteiger partial charge on any atom is 0.212 e. The zero-order valence-corrected chi connectivity index (χ0v) is 11.1. The summed E-state index contributed by atoms with van der Waals surface area (Å²) in [4.78, 5) is 0. The summed E-state index contributed by atoms with van der Waals surface area (Å²) in [6.07, 6.45) is 0.581.